The summed E-state index contributed by atoms with van der Waals surface area (Å²) in [6.07, 6.45) is 25.1. The Morgan fingerprint density at radius 2 is 0.685 bits per heavy atom. The summed E-state index contributed by atoms with van der Waals surface area (Å²) in [6, 6.07) is 0. The predicted octanol–water partition coefficient (Wildman–Crippen LogP) is 12.7. The van der Waals surface area contributed by atoms with Crippen LogP contribution in [0.5, 0.6) is 0 Å². The summed E-state index contributed by atoms with van der Waals surface area (Å²) in [5, 5.41) is 0. The Morgan fingerprint density at radius 3 is 1.04 bits per heavy atom. The fourth-order valence-corrected chi connectivity index (χ4v) is 6.97. The van der Waals surface area contributed by atoms with E-state index in [9.17, 15) is 19.2 Å². The van der Waals surface area contributed by atoms with Crippen molar-refractivity contribution < 1.29 is 38.1 Å². The van der Waals surface area contributed by atoms with Crippen LogP contribution in [-0.2, 0) is 38.1 Å². The van der Waals surface area contributed by atoms with Gasteiger partial charge in [0.05, 0.1) is 0 Å². The van der Waals surface area contributed by atoms with E-state index in [1.165, 1.54) is 38.5 Å². The summed E-state index contributed by atoms with van der Waals surface area (Å²) in [6.45, 7) is 14.6. The van der Waals surface area contributed by atoms with Crippen molar-refractivity contribution in [3.63, 3.8) is 0 Å². The number of rotatable bonds is 38. The van der Waals surface area contributed by atoms with Crippen LogP contribution in [0.25, 0.3) is 0 Å². The number of hydrogen-bond donors (Lipinski definition) is 0. The highest BCUT2D eigenvalue weighted by atomic mass is 16.6. The zero-order valence-electron chi connectivity index (χ0n) is 36.4. The van der Waals surface area contributed by atoms with Gasteiger partial charge in [-0.15, -0.1) is 0 Å². The van der Waals surface area contributed by atoms with Gasteiger partial charge in [0, 0.05) is 25.7 Å². The molecule has 0 amide bonds. The molecule has 8 nitrogen and oxygen atoms in total. The first-order valence-electron chi connectivity index (χ1n) is 22.7. The van der Waals surface area contributed by atoms with Crippen molar-refractivity contribution in [2.75, 3.05) is 26.4 Å². The second kappa shape index (κ2) is 35.3. The van der Waals surface area contributed by atoms with Gasteiger partial charge in [-0.3, -0.25) is 19.2 Å². The Labute approximate surface area is 332 Å². The highest BCUT2D eigenvalue weighted by Crippen LogP contribution is 2.32. The first-order chi connectivity index (χ1) is 26.1. The lowest BCUT2D eigenvalue weighted by Crippen LogP contribution is -2.44. The minimum atomic E-state index is -1.20. The van der Waals surface area contributed by atoms with Gasteiger partial charge in [0.25, 0.3) is 0 Å². The van der Waals surface area contributed by atoms with Gasteiger partial charge in [0.2, 0.25) is 0 Å². The van der Waals surface area contributed by atoms with Crippen molar-refractivity contribution in [1.29, 1.82) is 0 Å². The van der Waals surface area contributed by atoms with Crippen LogP contribution >= 0.6 is 0 Å². The van der Waals surface area contributed by atoms with Crippen molar-refractivity contribution in [3.05, 3.63) is 0 Å². The molecule has 0 aliphatic heterocycles. The molecule has 0 rings (SSSR count). The van der Waals surface area contributed by atoms with E-state index < -0.39 is 5.41 Å². The minimum absolute atomic E-state index is 0.172. The van der Waals surface area contributed by atoms with Crippen LogP contribution in [0.1, 0.15) is 222 Å². The molecule has 0 fully saturated rings. The molecule has 0 spiro atoms. The zero-order chi connectivity index (χ0) is 40.3. The van der Waals surface area contributed by atoms with Gasteiger partial charge in [0.1, 0.15) is 31.8 Å². The quantitative estimate of drug-likeness (QED) is 0.0347. The third-order valence-electron chi connectivity index (χ3n) is 10.7. The van der Waals surface area contributed by atoms with Crippen LogP contribution in [0, 0.1) is 23.2 Å². The van der Waals surface area contributed by atoms with Gasteiger partial charge >= 0.3 is 23.9 Å². The van der Waals surface area contributed by atoms with E-state index in [1.54, 1.807) is 0 Å². The van der Waals surface area contributed by atoms with E-state index in [2.05, 4.69) is 48.5 Å². The summed E-state index contributed by atoms with van der Waals surface area (Å²) in [4.78, 5) is 52.3. The molecule has 0 aliphatic rings. The van der Waals surface area contributed by atoms with Crippen molar-refractivity contribution in [1.82, 2.24) is 0 Å². The molecule has 8 heteroatoms. The maximum absolute atomic E-state index is 13.5. The maximum atomic E-state index is 13.5. The number of carbonyl (C=O) groups is 4. The summed E-state index contributed by atoms with van der Waals surface area (Å²) in [7, 11) is 0. The Kier molecular flexibility index (Phi) is 33.9. The monoisotopic (exact) mass is 767 g/mol. The topological polar surface area (TPSA) is 105 Å². The normalized spacial score (nSPS) is 12.2. The van der Waals surface area contributed by atoms with E-state index >= 15 is 0 Å². The molecule has 0 saturated heterocycles. The van der Waals surface area contributed by atoms with E-state index in [1.807, 2.05) is 0 Å². The van der Waals surface area contributed by atoms with Crippen LogP contribution in [-0.4, -0.2) is 50.3 Å². The lowest BCUT2D eigenvalue weighted by atomic mass is 9.79. The van der Waals surface area contributed by atoms with Crippen molar-refractivity contribution >= 4 is 23.9 Å². The fourth-order valence-electron chi connectivity index (χ4n) is 6.97. The molecule has 0 radical (unpaired) electrons. The lowest BCUT2D eigenvalue weighted by molar-refractivity contribution is -0.171. The van der Waals surface area contributed by atoms with Crippen molar-refractivity contribution in [2.45, 2.75) is 222 Å². The largest absolute Gasteiger partial charge is 0.465 e. The van der Waals surface area contributed by atoms with Crippen LogP contribution in [0.15, 0.2) is 0 Å². The van der Waals surface area contributed by atoms with Crippen LogP contribution in [0.2, 0.25) is 0 Å². The van der Waals surface area contributed by atoms with E-state index in [-0.39, 0.29) is 69.6 Å². The molecule has 318 valence electrons. The molecule has 0 aliphatic carbocycles. The zero-order valence-corrected chi connectivity index (χ0v) is 36.4. The summed E-state index contributed by atoms with van der Waals surface area (Å²) in [5.41, 5.74) is -1.20. The molecule has 0 aromatic carbocycles. The molecule has 0 heterocycles. The predicted molar refractivity (Wildman–Crippen MR) is 221 cm³/mol. The first-order valence-corrected chi connectivity index (χ1v) is 22.7. The highest BCUT2D eigenvalue weighted by molar-refractivity contribution is 5.71. The molecule has 0 aromatic heterocycles. The van der Waals surface area contributed by atoms with Crippen molar-refractivity contribution in [3.8, 4) is 0 Å². The van der Waals surface area contributed by atoms with Gasteiger partial charge in [0.15, 0.2) is 0 Å². The van der Waals surface area contributed by atoms with Gasteiger partial charge in [-0.05, 0) is 43.4 Å². The van der Waals surface area contributed by atoms with Crippen molar-refractivity contribution in [2.24, 2.45) is 23.2 Å². The number of unbranched alkanes of at least 4 members (excludes halogenated alkanes) is 12. The maximum Gasteiger partial charge on any atom is 0.305 e. The summed E-state index contributed by atoms with van der Waals surface area (Å²) >= 11 is 0. The average Bonchev–Trinajstić information content (AvgIpc) is 3.16. The van der Waals surface area contributed by atoms with Gasteiger partial charge in [-0.25, -0.2) is 0 Å². The Morgan fingerprint density at radius 1 is 0.370 bits per heavy atom. The highest BCUT2D eigenvalue weighted by Gasteiger charge is 2.38. The smallest absolute Gasteiger partial charge is 0.305 e. The molecule has 0 bridgehead atoms. The van der Waals surface area contributed by atoms with Gasteiger partial charge in [-0.2, -0.15) is 0 Å². The molecule has 0 aromatic rings. The second-order valence-electron chi connectivity index (χ2n) is 16.6. The average molecular weight is 767 g/mol. The molecule has 1 atom stereocenters. The molecule has 1 unspecified atom stereocenters. The van der Waals surface area contributed by atoms with Crippen LogP contribution < -0.4 is 0 Å². The molecular weight excluding hydrogens is 680 g/mol. The Hall–Kier alpha value is -2.12. The number of ether oxygens (including phenoxy) is 4. The summed E-state index contributed by atoms with van der Waals surface area (Å²) in [5.74, 6) is 0.242. The Bertz CT molecular complexity index is 894. The van der Waals surface area contributed by atoms with E-state index in [0.29, 0.717) is 24.2 Å². The fraction of sp³-hybridized carbons (Fsp3) is 0.913. The van der Waals surface area contributed by atoms with Crippen LogP contribution in [0.4, 0.5) is 0 Å². The number of hydrogen-bond acceptors (Lipinski definition) is 8. The number of carbonyl (C=O) groups excluding carboxylic acids is 4. The third-order valence-corrected chi connectivity index (χ3v) is 10.7. The van der Waals surface area contributed by atoms with Crippen LogP contribution in [0.3, 0.4) is 0 Å². The lowest BCUT2D eigenvalue weighted by Gasteiger charge is -2.32. The molecular formula is C46H86O8. The molecule has 0 saturated carbocycles. The third kappa shape index (κ3) is 29.2. The molecule has 0 N–H and O–H groups in total. The van der Waals surface area contributed by atoms with E-state index in [0.717, 1.165) is 109 Å². The summed E-state index contributed by atoms with van der Waals surface area (Å²) < 4.78 is 23.4. The van der Waals surface area contributed by atoms with Gasteiger partial charge in [-0.1, -0.05) is 170 Å². The molecule has 54 heavy (non-hydrogen) atoms. The first kappa shape index (κ1) is 51.9. The van der Waals surface area contributed by atoms with E-state index in [4.69, 9.17) is 18.9 Å². The Balaban J connectivity index is 5.98. The minimum Gasteiger partial charge on any atom is -0.465 e. The van der Waals surface area contributed by atoms with Gasteiger partial charge < -0.3 is 18.9 Å². The SMILES string of the molecule is CCCCCCCC(=O)OCC(COC(=O)CCCCCCC)(COC(=O)CCCCC(C)C)COC(=O)CCC(CCCC)C(CCCC)CCCC. The standard InChI is InChI=1S/C46H86O8/c1-8-13-18-20-22-30-42(47)51-35-46(36-52-43(48)31-23-21-19-14-9-2,37-53-44(49)32-25-24-26-39(6)7)38-54-45(50)34-33-41(29-17-12-5)40(27-15-10-3)28-16-11-4/h39-41H,8-38H2,1-7H3. The second-order valence-corrected chi connectivity index (χ2v) is 16.6. The number of esters is 4.